The molecule has 1 rings (SSSR count). The van der Waals surface area contributed by atoms with Crippen molar-refractivity contribution in [2.24, 2.45) is 0 Å². The van der Waals surface area contributed by atoms with E-state index in [9.17, 15) is 24.0 Å². The topological polar surface area (TPSA) is 140 Å². The van der Waals surface area contributed by atoms with Crippen molar-refractivity contribution >= 4 is 29.3 Å². The molecule has 66 heavy (non-hydrogen) atoms. The molecule has 0 saturated carbocycles. The van der Waals surface area contributed by atoms with Crippen LogP contribution in [0.3, 0.4) is 0 Å². The minimum absolute atomic E-state index is 0.0463. The van der Waals surface area contributed by atoms with Crippen molar-refractivity contribution in [2.75, 3.05) is 57.1 Å². The summed E-state index contributed by atoms with van der Waals surface area (Å²) < 4.78 is 32.8. The number of hydrogen-bond donors (Lipinski definition) is 2. The van der Waals surface area contributed by atoms with Gasteiger partial charge in [0.05, 0.1) is 13.2 Å². The minimum atomic E-state index is -2.80. The third kappa shape index (κ3) is 28.3. The number of halogens is 1. The highest BCUT2D eigenvalue weighted by Crippen LogP contribution is 2.26. The SMILES string of the molecule is CCCCCCCCC(CCCCCCCC)OC(=O)CCCCCCCN(CCCCCCC(F)(C(=O)OCCCCCC)C(=O)OCCCCCC)CCCNc1c(NC)c(=O)c1=O. The lowest BCUT2D eigenvalue weighted by Crippen LogP contribution is -2.45. The number of rotatable bonds is 48. The highest BCUT2D eigenvalue weighted by Gasteiger charge is 2.49. The van der Waals surface area contributed by atoms with Crippen LogP contribution in [0.25, 0.3) is 0 Å². The van der Waals surface area contributed by atoms with Gasteiger partial charge in [-0.25, -0.2) is 14.0 Å². The van der Waals surface area contributed by atoms with Crippen molar-refractivity contribution in [2.45, 2.75) is 258 Å². The first-order valence-electron chi connectivity index (χ1n) is 27.3. The number of alkyl halides is 1. The van der Waals surface area contributed by atoms with Crippen molar-refractivity contribution < 1.29 is 33.0 Å². The molecule has 1 aromatic carbocycles. The molecule has 0 spiro atoms. The van der Waals surface area contributed by atoms with E-state index in [-0.39, 0.29) is 31.7 Å². The molecule has 0 unspecified atom stereocenters. The van der Waals surface area contributed by atoms with Gasteiger partial charge < -0.3 is 29.7 Å². The van der Waals surface area contributed by atoms with Gasteiger partial charge in [-0.3, -0.25) is 14.4 Å². The summed E-state index contributed by atoms with van der Waals surface area (Å²) in [6.45, 7) is 12.0. The van der Waals surface area contributed by atoms with Gasteiger partial charge in [0, 0.05) is 26.4 Å². The molecule has 1 aromatic rings. The molecule has 0 aromatic heterocycles. The summed E-state index contributed by atoms with van der Waals surface area (Å²) >= 11 is 0. The molecule has 0 aliphatic carbocycles. The summed E-state index contributed by atoms with van der Waals surface area (Å²) in [5.41, 5.74) is -3.08. The van der Waals surface area contributed by atoms with E-state index in [1.165, 1.54) is 64.2 Å². The summed E-state index contributed by atoms with van der Waals surface area (Å²) in [5.74, 6) is -2.31. The zero-order valence-corrected chi connectivity index (χ0v) is 43.0. The Bertz CT molecular complexity index is 1390. The van der Waals surface area contributed by atoms with E-state index in [4.69, 9.17) is 14.2 Å². The summed E-state index contributed by atoms with van der Waals surface area (Å²) in [5, 5.41) is 5.94. The van der Waals surface area contributed by atoms with Crippen molar-refractivity contribution in [3.63, 3.8) is 0 Å². The number of nitrogens with one attached hydrogen (secondary N) is 2. The zero-order valence-electron chi connectivity index (χ0n) is 43.0. The molecular formula is C54H98FN3O8. The number of ether oxygens (including phenoxy) is 3. The molecule has 0 radical (unpaired) electrons. The molecule has 2 N–H and O–H groups in total. The second-order valence-electron chi connectivity index (χ2n) is 18.9. The first-order chi connectivity index (χ1) is 32.1. The van der Waals surface area contributed by atoms with E-state index in [1.807, 2.05) is 0 Å². The fourth-order valence-electron chi connectivity index (χ4n) is 8.56. The molecule has 0 saturated heterocycles. The monoisotopic (exact) mass is 936 g/mol. The predicted octanol–water partition coefficient (Wildman–Crippen LogP) is 13.1. The average molecular weight is 936 g/mol. The van der Waals surface area contributed by atoms with Gasteiger partial charge >= 0.3 is 23.6 Å². The van der Waals surface area contributed by atoms with E-state index in [0.29, 0.717) is 50.0 Å². The van der Waals surface area contributed by atoms with Crippen molar-refractivity contribution in [3.05, 3.63) is 20.4 Å². The Morgan fingerprint density at radius 1 is 0.530 bits per heavy atom. The molecule has 0 heterocycles. The number of hydrogen-bond acceptors (Lipinski definition) is 11. The van der Waals surface area contributed by atoms with Crippen molar-refractivity contribution in [3.8, 4) is 0 Å². The van der Waals surface area contributed by atoms with Crippen LogP contribution in [-0.2, 0) is 28.6 Å². The molecule has 0 aliphatic heterocycles. The Balaban J connectivity index is 2.64. The fourth-order valence-corrected chi connectivity index (χ4v) is 8.56. The Morgan fingerprint density at radius 2 is 0.939 bits per heavy atom. The largest absolute Gasteiger partial charge is 0.463 e. The number of unbranched alkanes of at least 4 members (excludes halogenated alkanes) is 23. The lowest BCUT2D eigenvalue weighted by Gasteiger charge is -2.23. The third-order valence-corrected chi connectivity index (χ3v) is 12.9. The number of carbonyl (C=O) groups is 3. The standard InChI is InChI=1S/C54H98FN3O8/c1-6-10-14-18-21-27-36-46(37-28-22-19-15-11-7-2)66-47(59)38-29-23-20-25-31-41-58(43-35-40-57-49-48(56-5)50(60)51(49)61)42-32-26-24-30-39-54(55,52(62)64-44-33-16-12-8-3)53(63)65-45-34-17-13-9-4/h46,56-57H,6-45H2,1-5H3. The Morgan fingerprint density at radius 3 is 1.44 bits per heavy atom. The minimum Gasteiger partial charge on any atom is -0.463 e. The van der Waals surface area contributed by atoms with Gasteiger partial charge in [-0.2, -0.15) is 0 Å². The Hall–Kier alpha value is -3.02. The average Bonchev–Trinajstić information content (AvgIpc) is 3.31. The maximum atomic E-state index is 16.2. The van der Waals surface area contributed by atoms with Crippen molar-refractivity contribution in [1.29, 1.82) is 0 Å². The summed E-state index contributed by atoms with van der Waals surface area (Å²) in [6, 6.07) is 0. The van der Waals surface area contributed by atoms with E-state index in [0.717, 1.165) is 135 Å². The second kappa shape index (κ2) is 41.0. The number of carbonyl (C=O) groups excluding carboxylic acids is 3. The summed E-state index contributed by atoms with van der Waals surface area (Å²) in [7, 11) is 1.64. The van der Waals surface area contributed by atoms with Crippen molar-refractivity contribution in [1.82, 2.24) is 4.90 Å². The molecule has 0 bridgehead atoms. The summed E-state index contributed by atoms with van der Waals surface area (Å²) in [6.07, 6.45) is 32.7. The zero-order chi connectivity index (χ0) is 48.5. The number of anilines is 2. The number of nitrogens with zero attached hydrogens (tertiary/aromatic N) is 1. The van der Waals surface area contributed by atoms with E-state index in [2.05, 4.69) is 43.2 Å². The van der Waals surface area contributed by atoms with Crippen LogP contribution < -0.4 is 21.5 Å². The second-order valence-corrected chi connectivity index (χ2v) is 18.9. The van der Waals surface area contributed by atoms with Gasteiger partial charge in [0.1, 0.15) is 17.5 Å². The lowest BCUT2D eigenvalue weighted by atomic mass is 9.97. The fraction of sp³-hybridized carbons (Fsp3) is 0.870. The van der Waals surface area contributed by atoms with Crippen LogP contribution in [0.15, 0.2) is 9.59 Å². The van der Waals surface area contributed by atoms with Gasteiger partial charge in [-0.05, 0) is 90.3 Å². The number of esters is 3. The van der Waals surface area contributed by atoms with Crippen LogP contribution in [-0.4, -0.2) is 81.0 Å². The van der Waals surface area contributed by atoms with Crippen LogP contribution in [0.5, 0.6) is 0 Å². The maximum absolute atomic E-state index is 16.2. The molecular weight excluding hydrogens is 838 g/mol. The molecule has 384 valence electrons. The van der Waals surface area contributed by atoms with Gasteiger partial charge in [0.25, 0.3) is 10.9 Å². The molecule has 12 heteroatoms. The van der Waals surface area contributed by atoms with Gasteiger partial charge in [0.2, 0.25) is 0 Å². The first kappa shape index (κ1) is 61.0. The molecule has 0 amide bonds. The first-order valence-corrected chi connectivity index (χ1v) is 27.3. The van der Waals surface area contributed by atoms with Gasteiger partial charge in [-0.15, -0.1) is 0 Å². The quantitative estimate of drug-likeness (QED) is 0.0212. The van der Waals surface area contributed by atoms with Crippen LogP contribution in [0.2, 0.25) is 0 Å². The van der Waals surface area contributed by atoms with E-state index in [1.54, 1.807) is 7.05 Å². The highest BCUT2D eigenvalue weighted by molar-refractivity contribution is 6.03. The third-order valence-electron chi connectivity index (χ3n) is 12.9. The van der Waals surface area contributed by atoms with Crippen LogP contribution in [0.1, 0.15) is 246 Å². The van der Waals surface area contributed by atoms with E-state index >= 15 is 4.39 Å². The molecule has 0 fully saturated rings. The van der Waals surface area contributed by atoms with Gasteiger partial charge in [-0.1, -0.05) is 163 Å². The van der Waals surface area contributed by atoms with E-state index < -0.39 is 28.5 Å². The molecule has 11 nitrogen and oxygen atoms in total. The Labute approximate surface area is 401 Å². The normalized spacial score (nSPS) is 11.8. The summed E-state index contributed by atoms with van der Waals surface area (Å²) in [4.78, 5) is 65.1. The highest BCUT2D eigenvalue weighted by atomic mass is 19.1. The molecule has 0 atom stereocenters. The Kier molecular flexibility index (Phi) is 37.9. The predicted molar refractivity (Wildman–Crippen MR) is 271 cm³/mol. The molecule has 0 aliphatic rings. The lowest BCUT2D eigenvalue weighted by molar-refractivity contribution is -0.176. The van der Waals surface area contributed by atoms with Crippen LogP contribution >= 0.6 is 0 Å². The van der Waals surface area contributed by atoms with Crippen LogP contribution in [0, 0.1) is 0 Å². The van der Waals surface area contributed by atoms with Crippen LogP contribution in [0.4, 0.5) is 15.8 Å². The van der Waals surface area contributed by atoms with Gasteiger partial charge in [0.15, 0.2) is 0 Å². The smallest absolute Gasteiger partial charge is 0.355 e. The maximum Gasteiger partial charge on any atom is 0.355 e.